The van der Waals surface area contributed by atoms with Crippen LogP contribution >= 0.6 is 11.6 Å². The number of benzene rings is 2. The Kier molecular flexibility index (Phi) is 8.17. The van der Waals surface area contributed by atoms with Crippen LogP contribution in [0.25, 0.3) is 22.5 Å². The Morgan fingerprint density at radius 3 is 2.41 bits per heavy atom. The van der Waals surface area contributed by atoms with Gasteiger partial charge in [0.2, 0.25) is 5.91 Å². The zero-order valence-electron chi connectivity index (χ0n) is 21.6. The van der Waals surface area contributed by atoms with Gasteiger partial charge in [-0.2, -0.15) is 5.10 Å². The smallest absolute Gasteiger partial charge is 0.266 e. The van der Waals surface area contributed by atoms with Crippen molar-refractivity contribution in [3.8, 4) is 28.3 Å². The molecule has 1 atom stereocenters. The van der Waals surface area contributed by atoms with Crippen molar-refractivity contribution in [2.75, 3.05) is 31.6 Å². The predicted octanol–water partition coefficient (Wildman–Crippen LogP) is 4.06. The summed E-state index contributed by atoms with van der Waals surface area (Å²) in [4.78, 5) is 27.4. The Labute approximate surface area is 231 Å². The monoisotopic (exact) mass is 544 g/mol. The van der Waals surface area contributed by atoms with Crippen molar-refractivity contribution in [1.82, 2.24) is 25.3 Å². The van der Waals surface area contributed by atoms with E-state index in [1.807, 2.05) is 60.7 Å². The van der Waals surface area contributed by atoms with Gasteiger partial charge in [-0.1, -0.05) is 23.7 Å². The van der Waals surface area contributed by atoms with Gasteiger partial charge in [-0.05, 0) is 67.4 Å². The molecule has 1 aliphatic heterocycles. The molecule has 1 saturated heterocycles. The lowest BCUT2D eigenvalue weighted by Gasteiger charge is -2.32. The maximum Gasteiger partial charge on any atom is 0.266 e. The van der Waals surface area contributed by atoms with Crippen molar-refractivity contribution in [1.29, 1.82) is 0 Å². The molecule has 0 bridgehead atoms. The number of rotatable bonds is 8. The van der Waals surface area contributed by atoms with Crippen molar-refractivity contribution in [3.05, 3.63) is 88.2 Å². The number of ether oxygens (including phenoxy) is 1. The molecule has 1 N–H and O–H groups in total. The quantitative estimate of drug-likeness (QED) is 0.357. The lowest BCUT2D eigenvalue weighted by molar-refractivity contribution is -0.125. The fraction of sp³-hybridized carbons (Fsp3) is 0.276. The Morgan fingerprint density at radius 2 is 1.69 bits per heavy atom. The van der Waals surface area contributed by atoms with Crippen LogP contribution in [0.1, 0.15) is 12.8 Å². The van der Waals surface area contributed by atoms with Crippen LogP contribution in [0.15, 0.2) is 77.6 Å². The molecule has 0 radical (unpaired) electrons. The minimum absolute atomic E-state index is 0.0372. The second kappa shape index (κ2) is 12.1. The zero-order valence-corrected chi connectivity index (χ0v) is 22.3. The summed E-state index contributed by atoms with van der Waals surface area (Å²) in [6.45, 7) is 1.97. The third-order valence-corrected chi connectivity index (χ3v) is 7.03. The molecule has 0 saturated carbocycles. The fourth-order valence-corrected chi connectivity index (χ4v) is 4.75. The number of methoxy groups -OCH3 is 1. The number of nitrogens with zero attached hydrogens (tertiary/aromatic N) is 5. The molecule has 2 aromatic heterocycles. The van der Waals surface area contributed by atoms with E-state index in [9.17, 15) is 9.59 Å². The molecular formula is C29H29ClN6O3. The molecule has 5 rings (SSSR count). The third kappa shape index (κ3) is 6.43. The molecule has 0 aliphatic carbocycles. The lowest BCUT2D eigenvalue weighted by atomic mass is 9.97. The number of aromatic nitrogens is 4. The number of hydrogen-bond acceptors (Lipinski definition) is 7. The van der Waals surface area contributed by atoms with Gasteiger partial charge in [0.25, 0.3) is 5.56 Å². The average Bonchev–Trinajstić information content (AvgIpc) is 2.98. The summed E-state index contributed by atoms with van der Waals surface area (Å²) in [5, 5.41) is 16.9. The van der Waals surface area contributed by atoms with Crippen molar-refractivity contribution in [2.24, 2.45) is 5.92 Å². The molecule has 200 valence electrons. The number of carbonyl (C=O) groups is 1. The van der Waals surface area contributed by atoms with Crippen molar-refractivity contribution >= 4 is 23.3 Å². The van der Waals surface area contributed by atoms with E-state index in [1.54, 1.807) is 13.2 Å². The number of halogens is 1. The van der Waals surface area contributed by atoms with E-state index in [0.717, 1.165) is 47.8 Å². The first-order valence-electron chi connectivity index (χ1n) is 12.8. The van der Waals surface area contributed by atoms with Crippen LogP contribution in [-0.4, -0.2) is 52.6 Å². The largest absolute Gasteiger partial charge is 0.497 e. The van der Waals surface area contributed by atoms with Gasteiger partial charge in [0.05, 0.1) is 31.0 Å². The van der Waals surface area contributed by atoms with Gasteiger partial charge >= 0.3 is 0 Å². The number of nitrogens with one attached hydrogen (secondary N) is 1. The second-order valence-corrected chi connectivity index (χ2v) is 9.80. The summed E-state index contributed by atoms with van der Waals surface area (Å²) >= 11 is 5.98. The van der Waals surface area contributed by atoms with Crippen LogP contribution in [0.2, 0.25) is 5.02 Å². The molecule has 39 heavy (non-hydrogen) atoms. The highest BCUT2D eigenvalue weighted by Crippen LogP contribution is 2.24. The van der Waals surface area contributed by atoms with E-state index < -0.39 is 0 Å². The number of anilines is 1. The van der Waals surface area contributed by atoms with Gasteiger partial charge in [-0.3, -0.25) is 9.59 Å². The topological polar surface area (TPSA) is 102 Å². The molecule has 10 heteroatoms. The van der Waals surface area contributed by atoms with Gasteiger partial charge in [-0.25, -0.2) is 4.68 Å². The SMILES string of the molecule is COc1ccc(-c2ccc(=O)n(CCNC(=O)C3CCCN(c4ccc(-c5ccc(Cl)cc5)nn4)C3)n2)cc1. The Morgan fingerprint density at radius 1 is 0.974 bits per heavy atom. The van der Waals surface area contributed by atoms with Crippen LogP contribution in [0, 0.1) is 5.92 Å². The van der Waals surface area contributed by atoms with E-state index in [-0.39, 0.29) is 23.9 Å². The predicted molar refractivity (Wildman–Crippen MR) is 151 cm³/mol. The fourth-order valence-electron chi connectivity index (χ4n) is 4.62. The first kappa shape index (κ1) is 26.4. The molecule has 1 aliphatic rings. The van der Waals surface area contributed by atoms with E-state index in [0.29, 0.717) is 23.8 Å². The summed E-state index contributed by atoms with van der Waals surface area (Å²) < 4.78 is 6.58. The van der Waals surface area contributed by atoms with Gasteiger partial charge < -0.3 is 15.0 Å². The first-order chi connectivity index (χ1) is 19.0. The first-order valence-corrected chi connectivity index (χ1v) is 13.2. The minimum atomic E-state index is -0.217. The Hall–Kier alpha value is -4.24. The Balaban J connectivity index is 1.16. The highest BCUT2D eigenvalue weighted by atomic mass is 35.5. The maximum atomic E-state index is 13.0. The van der Waals surface area contributed by atoms with Gasteiger partial charge in [0.1, 0.15) is 5.75 Å². The summed E-state index contributed by atoms with van der Waals surface area (Å²) in [6.07, 6.45) is 1.67. The second-order valence-electron chi connectivity index (χ2n) is 9.37. The molecular weight excluding hydrogens is 516 g/mol. The summed E-state index contributed by atoms with van der Waals surface area (Å²) in [7, 11) is 1.61. The summed E-state index contributed by atoms with van der Waals surface area (Å²) in [5.41, 5.74) is 3.04. The van der Waals surface area contributed by atoms with Crippen molar-refractivity contribution in [3.63, 3.8) is 0 Å². The van der Waals surface area contributed by atoms with Gasteiger partial charge in [0, 0.05) is 41.9 Å². The maximum absolute atomic E-state index is 13.0. The minimum Gasteiger partial charge on any atom is -0.497 e. The van der Waals surface area contributed by atoms with E-state index in [1.165, 1.54) is 10.7 Å². The Bertz CT molecular complexity index is 1470. The summed E-state index contributed by atoms with van der Waals surface area (Å²) in [6, 6.07) is 22.0. The molecule has 1 fully saturated rings. The molecule has 9 nitrogen and oxygen atoms in total. The van der Waals surface area contributed by atoms with Crippen LogP contribution in [0.4, 0.5) is 5.82 Å². The molecule has 4 aromatic rings. The molecule has 2 aromatic carbocycles. The highest BCUT2D eigenvalue weighted by molar-refractivity contribution is 6.30. The zero-order chi connectivity index (χ0) is 27.2. The normalized spacial score (nSPS) is 15.1. The van der Waals surface area contributed by atoms with Crippen LogP contribution in [-0.2, 0) is 11.3 Å². The van der Waals surface area contributed by atoms with E-state index >= 15 is 0 Å². The van der Waals surface area contributed by atoms with Crippen LogP contribution in [0.5, 0.6) is 5.75 Å². The molecule has 3 heterocycles. The van der Waals surface area contributed by atoms with E-state index in [4.69, 9.17) is 16.3 Å². The van der Waals surface area contributed by atoms with Gasteiger partial charge in [-0.15, -0.1) is 10.2 Å². The van der Waals surface area contributed by atoms with Gasteiger partial charge in [0.15, 0.2) is 5.82 Å². The van der Waals surface area contributed by atoms with Crippen molar-refractivity contribution < 1.29 is 9.53 Å². The summed E-state index contributed by atoms with van der Waals surface area (Å²) in [5.74, 6) is 1.28. The number of piperidine rings is 1. The number of hydrogen-bond donors (Lipinski definition) is 1. The number of amides is 1. The highest BCUT2D eigenvalue weighted by Gasteiger charge is 2.26. The van der Waals surface area contributed by atoms with Crippen molar-refractivity contribution in [2.45, 2.75) is 19.4 Å². The molecule has 0 spiro atoms. The average molecular weight is 545 g/mol. The molecule has 1 amide bonds. The van der Waals surface area contributed by atoms with Crippen LogP contribution < -0.4 is 20.5 Å². The van der Waals surface area contributed by atoms with E-state index in [2.05, 4.69) is 25.5 Å². The third-order valence-electron chi connectivity index (χ3n) is 6.78. The standard InChI is InChI=1S/C29H29ClN6O3/c1-39-24-10-6-21(7-11-24)26-13-15-28(37)36(34-26)18-16-31-29(38)22-3-2-17-35(19-22)27-14-12-25(32-33-27)20-4-8-23(30)9-5-20/h4-15,22H,2-3,16-19H2,1H3,(H,31,38). The van der Waals surface area contributed by atoms with Crippen LogP contribution in [0.3, 0.4) is 0 Å². The number of carbonyl (C=O) groups excluding carboxylic acids is 1. The molecule has 1 unspecified atom stereocenters. The lowest BCUT2D eigenvalue weighted by Crippen LogP contribution is -2.44.